The Morgan fingerprint density at radius 3 is 2.44 bits per heavy atom. The summed E-state index contributed by atoms with van der Waals surface area (Å²) in [7, 11) is -3.40. The smallest absolute Gasteiger partial charge is 0.256 e. The Morgan fingerprint density at radius 2 is 1.94 bits per heavy atom. The number of rotatable bonds is 2. The Kier molecular flexibility index (Phi) is 3.93. The van der Waals surface area contributed by atoms with Crippen molar-refractivity contribution in [2.24, 2.45) is 0 Å². The molecule has 1 aromatic heterocycles. The molecular formula is C9H17N3O3S. The highest BCUT2D eigenvalue weighted by molar-refractivity contribution is 7.90. The minimum absolute atomic E-state index is 0. The second-order valence-electron chi connectivity index (χ2n) is 3.88. The molecule has 1 fully saturated rings. The van der Waals surface area contributed by atoms with Gasteiger partial charge in [-0.05, 0) is 12.8 Å². The number of aromatic nitrogens is 2. The van der Waals surface area contributed by atoms with Crippen LogP contribution in [-0.4, -0.2) is 28.0 Å². The molecule has 2 rings (SSSR count). The summed E-state index contributed by atoms with van der Waals surface area (Å²) in [5.41, 5.74) is 0. The van der Waals surface area contributed by atoms with Crippen LogP contribution >= 0.6 is 0 Å². The van der Waals surface area contributed by atoms with Gasteiger partial charge in [0.05, 0.1) is 17.6 Å². The monoisotopic (exact) mass is 247 g/mol. The normalized spacial score (nSPS) is 18.0. The van der Waals surface area contributed by atoms with Gasteiger partial charge in [0.1, 0.15) is 0 Å². The van der Waals surface area contributed by atoms with Gasteiger partial charge in [-0.1, -0.05) is 19.3 Å². The van der Waals surface area contributed by atoms with Gasteiger partial charge >= 0.3 is 0 Å². The highest BCUT2D eigenvalue weighted by atomic mass is 32.2. The highest BCUT2D eigenvalue weighted by Gasteiger charge is 2.29. The van der Waals surface area contributed by atoms with Crippen molar-refractivity contribution in [1.82, 2.24) is 15.3 Å². The molecule has 0 radical (unpaired) electrons. The third kappa shape index (κ3) is 2.35. The maximum Gasteiger partial charge on any atom is 0.256 e. The van der Waals surface area contributed by atoms with E-state index < -0.39 is 10.0 Å². The Morgan fingerprint density at radius 1 is 1.31 bits per heavy atom. The number of hydrogen-bond acceptors (Lipinski definition) is 5. The van der Waals surface area contributed by atoms with E-state index in [1.807, 2.05) is 0 Å². The van der Waals surface area contributed by atoms with Crippen LogP contribution in [0.15, 0.2) is 12.4 Å². The first kappa shape index (κ1) is 13.0. The Bertz CT molecular complexity index is 435. The van der Waals surface area contributed by atoms with Crippen molar-refractivity contribution < 1.29 is 13.5 Å². The van der Waals surface area contributed by atoms with Crippen molar-refractivity contribution in [3.8, 4) is 5.75 Å². The molecule has 0 spiro atoms. The summed E-state index contributed by atoms with van der Waals surface area (Å²) < 4.78 is 24.9. The van der Waals surface area contributed by atoms with E-state index in [-0.39, 0.29) is 17.1 Å². The zero-order valence-electron chi connectivity index (χ0n) is 9.04. The van der Waals surface area contributed by atoms with Crippen LogP contribution in [0.25, 0.3) is 0 Å². The van der Waals surface area contributed by atoms with Gasteiger partial charge in [-0.2, -0.15) is 9.19 Å². The SMILES string of the molecule is N.O=S(=O)(C1CCCCC1)n1cc(O)cn1. The lowest BCUT2D eigenvalue weighted by atomic mass is 10.0. The molecular weight excluding hydrogens is 230 g/mol. The van der Waals surface area contributed by atoms with E-state index in [1.165, 1.54) is 0 Å². The molecule has 1 saturated carbocycles. The maximum absolute atomic E-state index is 12.0. The van der Waals surface area contributed by atoms with Gasteiger partial charge in [-0.3, -0.25) is 0 Å². The van der Waals surface area contributed by atoms with Crippen LogP contribution in [0, 0.1) is 0 Å². The first-order valence-corrected chi connectivity index (χ1v) is 6.59. The molecule has 0 saturated heterocycles. The first-order chi connectivity index (χ1) is 7.10. The molecule has 4 N–H and O–H groups in total. The van der Waals surface area contributed by atoms with Crippen molar-refractivity contribution in [2.45, 2.75) is 37.4 Å². The van der Waals surface area contributed by atoms with Gasteiger partial charge in [0, 0.05) is 0 Å². The summed E-state index contributed by atoms with van der Waals surface area (Å²) in [6.07, 6.45) is 6.70. The van der Waals surface area contributed by atoms with Gasteiger partial charge < -0.3 is 11.3 Å². The fourth-order valence-corrected chi connectivity index (χ4v) is 3.62. The lowest BCUT2D eigenvalue weighted by Crippen LogP contribution is -2.29. The Balaban J connectivity index is 0.00000128. The van der Waals surface area contributed by atoms with E-state index in [0.717, 1.165) is 35.7 Å². The predicted molar refractivity (Wildman–Crippen MR) is 60.1 cm³/mol. The van der Waals surface area contributed by atoms with Gasteiger partial charge in [0.25, 0.3) is 10.0 Å². The maximum atomic E-state index is 12.0. The van der Waals surface area contributed by atoms with Crippen LogP contribution in [0.1, 0.15) is 32.1 Å². The topological polar surface area (TPSA) is 107 Å². The quantitative estimate of drug-likeness (QED) is 0.818. The number of aromatic hydroxyl groups is 1. The molecule has 0 aliphatic heterocycles. The van der Waals surface area contributed by atoms with E-state index >= 15 is 0 Å². The molecule has 0 aromatic carbocycles. The van der Waals surface area contributed by atoms with Gasteiger partial charge in [-0.15, -0.1) is 0 Å². The lowest BCUT2D eigenvalue weighted by molar-refractivity contribution is 0.471. The largest absolute Gasteiger partial charge is 0.505 e. The molecule has 1 aromatic rings. The second kappa shape index (κ2) is 4.84. The molecule has 0 bridgehead atoms. The Labute approximate surface area is 94.9 Å². The van der Waals surface area contributed by atoms with Gasteiger partial charge in [0.15, 0.2) is 5.75 Å². The lowest BCUT2D eigenvalue weighted by Gasteiger charge is -2.21. The highest BCUT2D eigenvalue weighted by Crippen LogP contribution is 2.25. The second-order valence-corrected chi connectivity index (χ2v) is 5.95. The van der Waals surface area contributed by atoms with Crippen LogP contribution < -0.4 is 6.15 Å². The van der Waals surface area contributed by atoms with Crippen molar-refractivity contribution in [2.75, 3.05) is 0 Å². The third-order valence-corrected chi connectivity index (χ3v) is 4.82. The number of nitrogens with zero attached hydrogens (tertiary/aromatic N) is 2. The van der Waals surface area contributed by atoms with Crippen LogP contribution in [0.3, 0.4) is 0 Å². The zero-order valence-corrected chi connectivity index (χ0v) is 9.86. The molecule has 1 heterocycles. The van der Waals surface area contributed by atoms with Crippen molar-refractivity contribution in [1.29, 1.82) is 0 Å². The van der Waals surface area contributed by atoms with Gasteiger partial charge in [-0.25, -0.2) is 8.42 Å². The summed E-state index contributed by atoms with van der Waals surface area (Å²) in [6, 6.07) is 0. The summed E-state index contributed by atoms with van der Waals surface area (Å²) in [5.74, 6) is -0.116. The molecule has 0 amide bonds. The summed E-state index contributed by atoms with van der Waals surface area (Å²) >= 11 is 0. The minimum Gasteiger partial charge on any atom is -0.505 e. The average Bonchev–Trinajstić information content (AvgIpc) is 2.67. The molecule has 16 heavy (non-hydrogen) atoms. The summed E-state index contributed by atoms with van der Waals surface area (Å²) in [6.45, 7) is 0. The van der Waals surface area contributed by atoms with Crippen LogP contribution in [0.4, 0.5) is 0 Å². The van der Waals surface area contributed by atoms with Crippen molar-refractivity contribution in [3.63, 3.8) is 0 Å². The van der Waals surface area contributed by atoms with Crippen molar-refractivity contribution >= 4 is 10.0 Å². The third-order valence-electron chi connectivity index (χ3n) is 2.78. The van der Waals surface area contributed by atoms with E-state index in [4.69, 9.17) is 5.11 Å². The van der Waals surface area contributed by atoms with Crippen LogP contribution in [-0.2, 0) is 10.0 Å². The average molecular weight is 247 g/mol. The van der Waals surface area contributed by atoms with E-state index in [1.54, 1.807) is 0 Å². The molecule has 92 valence electrons. The van der Waals surface area contributed by atoms with E-state index in [0.29, 0.717) is 12.8 Å². The Hall–Kier alpha value is -1.08. The van der Waals surface area contributed by atoms with Gasteiger partial charge in [0.2, 0.25) is 0 Å². The summed E-state index contributed by atoms with van der Waals surface area (Å²) in [5, 5.41) is 12.4. The summed E-state index contributed by atoms with van der Waals surface area (Å²) in [4.78, 5) is 0. The van der Waals surface area contributed by atoms with E-state index in [2.05, 4.69) is 5.10 Å². The van der Waals surface area contributed by atoms with Crippen LogP contribution in [0.2, 0.25) is 0 Å². The molecule has 7 heteroatoms. The van der Waals surface area contributed by atoms with Crippen LogP contribution in [0.5, 0.6) is 5.75 Å². The minimum atomic E-state index is -3.40. The molecule has 1 aliphatic carbocycles. The van der Waals surface area contributed by atoms with Crippen molar-refractivity contribution in [3.05, 3.63) is 12.4 Å². The molecule has 6 nitrogen and oxygen atoms in total. The first-order valence-electron chi connectivity index (χ1n) is 5.09. The fraction of sp³-hybridized carbons (Fsp3) is 0.667. The zero-order chi connectivity index (χ0) is 10.9. The predicted octanol–water partition coefficient (Wildman–Crippen LogP) is 1.26. The number of hydrogen-bond donors (Lipinski definition) is 2. The molecule has 0 atom stereocenters. The van der Waals surface area contributed by atoms with E-state index in [9.17, 15) is 8.42 Å². The molecule has 0 unspecified atom stereocenters. The molecule has 1 aliphatic rings. The standard InChI is InChI=1S/C9H14N2O3S.H3N/c12-8-6-10-11(7-8)15(13,14)9-4-2-1-3-5-9;/h6-7,9,12H,1-5H2;1H3. The fourth-order valence-electron chi connectivity index (χ4n) is 1.95.